The van der Waals surface area contributed by atoms with Crippen molar-refractivity contribution in [2.45, 2.75) is 38.4 Å². The zero-order chi connectivity index (χ0) is 12.0. The summed E-state index contributed by atoms with van der Waals surface area (Å²) in [4.78, 5) is 11.7. The molecule has 1 aromatic rings. The van der Waals surface area contributed by atoms with Gasteiger partial charge in [0.1, 0.15) is 23.2 Å². The molecule has 0 amide bonds. The summed E-state index contributed by atoms with van der Waals surface area (Å²) in [6.45, 7) is 1.71. The molecule has 4 heteroatoms. The van der Waals surface area contributed by atoms with Crippen molar-refractivity contribution in [1.82, 2.24) is 0 Å². The van der Waals surface area contributed by atoms with E-state index < -0.39 is 6.10 Å². The molecule has 0 spiro atoms. The molecule has 0 radical (unpaired) electrons. The van der Waals surface area contributed by atoms with Crippen LogP contribution in [0.1, 0.15) is 30.6 Å². The standard InChI is InChI=1S/C13H14O4/c1-7-5-11-9(13(15)16-7)6-8-3-2-4-10(14)12(8)17-11/h5-6,10,12,14H,2-4H2,1H3. The molecular formula is C13H14O4. The lowest BCUT2D eigenvalue weighted by Crippen LogP contribution is -2.39. The third-order valence-electron chi connectivity index (χ3n) is 3.34. The summed E-state index contributed by atoms with van der Waals surface area (Å²) >= 11 is 0. The van der Waals surface area contributed by atoms with Crippen molar-refractivity contribution in [2.75, 3.05) is 0 Å². The molecule has 0 saturated heterocycles. The number of fused-ring (bicyclic) bond motifs is 2. The number of rotatable bonds is 0. The van der Waals surface area contributed by atoms with E-state index in [1.54, 1.807) is 13.0 Å². The molecule has 17 heavy (non-hydrogen) atoms. The molecule has 4 nitrogen and oxygen atoms in total. The lowest BCUT2D eigenvalue weighted by molar-refractivity contribution is 0.0344. The van der Waals surface area contributed by atoms with Crippen LogP contribution in [-0.4, -0.2) is 17.3 Å². The highest BCUT2D eigenvalue weighted by atomic mass is 16.5. The minimum absolute atomic E-state index is 0.294. The summed E-state index contributed by atoms with van der Waals surface area (Å²) in [6.07, 6.45) is 3.59. The van der Waals surface area contributed by atoms with Gasteiger partial charge in [-0.25, -0.2) is 4.79 Å². The number of hydrogen-bond donors (Lipinski definition) is 1. The van der Waals surface area contributed by atoms with Crippen molar-refractivity contribution in [3.63, 3.8) is 0 Å². The third kappa shape index (κ3) is 1.69. The number of aliphatic hydroxyl groups excluding tert-OH is 1. The van der Waals surface area contributed by atoms with Gasteiger partial charge >= 0.3 is 5.63 Å². The van der Waals surface area contributed by atoms with Crippen LogP contribution in [-0.2, 0) is 0 Å². The van der Waals surface area contributed by atoms with Crippen molar-refractivity contribution >= 4 is 6.08 Å². The molecule has 1 fully saturated rings. The third-order valence-corrected chi connectivity index (χ3v) is 3.34. The summed E-state index contributed by atoms with van der Waals surface area (Å²) in [6, 6.07) is 1.70. The van der Waals surface area contributed by atoms with Gasteiger partial charge in [-0.05, 0) is 37.8 Å². The zero-order valence-corrected chi connectivity index (χ0v) is 9.60. The highest BCUT2D eigenvalue weighted by Crippen LogP contribution is 2.35. The summed E-state index contributed by atoms with van der Waals surface area (Å²) in [5.74, 6) is 1.05. The smallest absolute Gasteiger partial charge is 0.346 e. The Morgan fingerprint density at radius 1 is 1.47 bits per heavy atom. The Morgan fingerprint density at radius 2 is 2.29 bits per heavy atom. The van der Waals surface area contributed by atoms with E-state index in [9.17, 15) is 9.90 Å². The first-order valence-electron chi connectivity index (χ1n) is 5.85. The molecule has 3 rings (SSSR count). The molecule has 0 bridgehead atoms. The van der Waals surface area contributed by atoms with Gasteiger partial charge in [-0.3, -0.25) is 0 Å². The summed E-state index contributed by atoms with van der Waals surface area (Å²) in [7, 11) is 0. The summed E-state index contributed by atoms with van der Waals surface area (Å²) < 4.78 is 10.8. The second-order valence-corrected chi connectivity index (χ2v) is 4.64. The average molecular weight is 234 g/mol. The lowest BCUT2D eigenvalue weighted by Gasteiger charge is -2.33. The first-order valence-corrected chi connectivity index (χ1v) is 5.85. The molecule has 90 valence electrons. The molecule has 2 unspecified atom stereocenters. The van der Waals surface area contributed by atoms with Crippen LogP contribution in [0.5, 0.6) is 5.75 Å². The molecular weight excluding hydrogens is 220 g/mol. The molecule has 1 aromatic heterocycles. The van der Waals surface area contributed by atoms with Gasteiger partial charge in [-0.2, -0.15) is 0 Å². The van der Waals surface area contributed by atoms with Crippen LogP contribution < -0.4 is 10.4 Å². The largest absolute Gasteiger partial charge is 0.482 e. The van der Waals surface area contributed by atoms with Crippen molar-refractivity contribution in [1.29, 1.82) is 0 Å². The quantitative estimate of drug-likeness (QED) is 0.741. The van der Waals surface area contributed by atoms with Crippen LogP contribution in [0.3, 0.4) is 0 Å². The molecule has 0 aromatic carbocycles. The average Bonchev–Trinajstić information content (AvgIpc) is 2.28. The van der Waals surface area contributed by atoms with Gasteiger partial charge in [-0.1, -0.05) is 0 Å². The Kier molecular flexibility index (Phi) is 2.33. The second-order valence-electron chi connectivity index (χ2n) is 4.64. The van der Waals surface area contributed by atoms with Crippen LogP contribution in [0.25, 0.3) is 6.08 Å². The molecule has 2 aliphatic rings. The molecule has 1 aliphatic heterocycles. The molecule has 2 atom stereocenters. The number of hydrogen-bond acceptors (Lipinski definition) is 4. The minimum Gasteiger partial charge on any atom is -0.482 e. The Labute approximate surface area is 98.5 Å². The van der Waals surface area contributed by atoms with Crippen LogP contribution in [0.15, 0.2) is 20.9 Å². The lowest BCUT2D eigenvalue weighted by atomic mass is 9.87. The number of aryl methyl sites for hydroxylation is 1. The molecule has 1 saturated carbocycles. The van der Waals surface area contributed by atoms with E-state index in [1.807, 2.05) is 6.08 Å². The van der Waals surface area contributed by atoms with Crippen molar-refractivity contribution in [3.8, 4) is 5.75 Å². The number of ether oxygens (including phenoxy) is 1. The van der Waals surface area contributed by atoms with Crippen LogP contribution in [0.2, 0.25) is 0 Å². The van der Waals surface area contributed by atoms with E-state index in [2.05, 4.69) is 0 Å². The van der Waals surface area contributed by atoms with E-state index in [0.717, 1.165) is 24.8 Å². The van der Waals surface area contributed by atoms with Gasteiger partial charge < -0.3 is 14.3 Å². The maximum Gasteiger partial charge on any atom is 0.346 e. The van der Waals surface area contributed by atoms with Crippen LogP contribution in [0, 0.1) is 6.92 Å². The normalized spacial score (nSPS) is 26.6. The van der Waals surface area contributed by atoms with E-state index in [4.69, 9.17) is 9.15 Å². The Hall–Kier alpha value is -1.55. The minimum atomic E-state index is -0.476. The van der Waals surface area contributed by atoms with Crippen molar-refractivity contribution in [3.05, 3.63) is 33.4 Å². The molecule has 1 aliphatic carbocycles. The monoisotopic (exact) mass is 234 g/mol. The maximum atomic E-state index is 11.7. The summed E-state index contributed by atoms with van der Waals surface area (Å²) in [5, 5.41) is 9.90. The van der Waals surface area contributed by atoms with Gasteiger partial charge in [0.15, 0.2) is 0 Å². The SMILES string of the molecule is Cc1cc2c(c(=O)o1)C=C1CCCC(O)C1O2. The first-order chi connectivity index (χ1) is 8.15. The highest BCUT2D eigenvalue weighted by Gasteiger charge is 2.33. The molecule has 2 heterocycles. The highest BCUT2D eigenvalue weighted by molar-refractivity contribution is 5.62. The summed E-state index contributed by atoms with van der Waals surface area (Å²) in [5.41, 5.74) is 1.09. The van der Waals surface area contributed by atoms with Crippen LogP contribution in [0.4, 0.5) is 0 Å². The predicted octanol–water partition coefficient (Wildman–Crippen LogP) is 1.64. The Bertz CT molecular complexity index is 541. The number of aliphatic hydroxyl groups is 1. The van der Waals surface area contributed by atoms with Crippen molar-refractivity contribution < 1.29 is 14.3 Å². The van der Waals surface area contributed by atoms with E-state index >= 15 is 0 Å². The van der Waals surface area contributed by atoms with E-state index in [-0.39, 0.29) is 11.7 Å². The first kappa shape index (κ1) is 10.6. The zero-order valence-electron chi connectivity index (χ0n) is 9.60. The van der Waals surface area contributed by atoms with Gasteiger partial charge in [0, 0.05) is 6.07 Å². The van der Waals surface area contributed by atoms with Crippen LogP contribution >= 0.6 is 0 Å². The maximum absolute atomic E-state index is 11.7. The fourth-order valence-corrected chi connectivity index (χ4v) is 2.51. The van der Waals surface area contributed by atoms with E-state index in [1.165, 1.54) is 0 Å². The van der Waals surface area contributed by atoms with Crippen molar-refractivity contribution in [2.24, 2.45) is 0 Å². The fourth-order valence-electron chi connectivity index (χ4n) is 2.51. The second kappa shape index (κ2) is 3.74. The van der Waals surface area contributed by atoms with Gasteiger partial charge in [-0.15, -0.1) is 0 Å². The van der Waals surface area contributed by atoms with Gasteiger partial charge in [0.25, 0.3) is 0 Å². The fraction of sp³-hybridized carbons (Fsp3) is 0.462. The van der Waals surface area contributed by atoms with Gasteiger partial charge in [0.05, 0.1) is 6.10 Å². The van der Waals surface area contributed by atoms with Gasteiger partial charge in [0.2, 0.25) is 0 Å². The molecule has 1 N–H and O–H groups in total. The Balaban J connectivity index is 2.12. The van der Waals surface area contributed by atoms with E-state index in [0.29, 0.717) is 17.1 Å². The topological polar surface area (TPSA) is 59.7 Å². The predicted molar refractivity (Wildman–Crippen MR) is 62.0 cm³/mol. The Morgan fingerprint density at radius 3 is 3.12 bits per heavy atom.